The molecule has 25 heavy (non-hydrogen) atoms. The van der Waals surface area contributed by atoms with E-state index in [1.807, 2.05) is 28.8 Å². The van der Waals surface area contributed by atoms with Crippen molar-refractivity contribution in [3.63, 3.8) is 0 Å². The minimum Gasteiger partial charge on any atom is -0.388 e. The number of nitrogens with one attached hydrogen (secondary N) is 2. The zero-order valence-corrected chi connectivity index (χ0v) is 13.5. The highest BCUT2D eigenvalue weighted by Gasteiger charge is 2.51. The van der Waals surface area contributed by atoms with E-state index < -0.39 is 24.5 Å². The van der Waals surface area contributed by atoms with Crippen molar-refractivity contribution in [1.82, 2.24) is 20.2 Å². The Balaban J connectivity index is 1.62. The average Bonchev–Trinajstić information content (AvgIpc) is 3.23. The third-order valence-electron chi connectivity index (χ3n) is 4.64. The maximum Gasteiger partial charge on any atom is 0.315 e. The first-order valence-electron chi connectivity index (χ1n) is 8.21. The Morgan fingerprint density at radius 2 is 2.32 bits per heavy atom. The number of nitrogens with zero attached hydrogens (tertiary/aromatic N) is 2. The summed E-state index contributed by atoms with van der Waals surface area (Å²) in [4.78, 5) is 16.4. The molecule has 8 heteroatoms. The van der Waals surface area contributed by atoms with E-state index in [2.05, 4.69) is 22.2 Å². The summed E-state index contributed by atoms with van der Waals surface area (Å²) in [5.41, 5.74) is 1.70. The molecule has 3 N–H and O–H groups in total. The van der Waals surface area contributed by atoms with Gasteiger partial charge in [0.25, 0.3) is 0 Å². The van der Waals surface area contributed by atoms with E-state index >= 15 is 0 Å². The molecule has 8 nitrogen and oxygen atoms in total. The zero-order chi connectivity index (χ0) is 17.4. The van der Waals surface area contributed by atoms with Gasteiger partial charge in [0.15, 0.2) is 6.29 Å². The van der Waals surface area contributed by atoms with Gasteiger partial charge in [-0.2, -0.15) is 0 Å². The highest BCUT2D eigenvalue weighted by molar-refractivity contribution is 5.75. The first kappa shape index (κ1) is 16.1. The van der Waals surface area contributed by atoms with Crippen LogP contribution in [0.3, 0.4) is 0 Å². The van der Waals surface area contributed by atoms with E-state index in [1.54, 1.807) is 12.4 Å². The molecule has 2 amide bonds. The van der Waals surface area contributed by atoms with Crippen LogP contribution in [0.1, 0.15) is 6.04 Å². The largest absolute Gasteiger partial charge is 0.388 e. The number of aromatic nitrogens is 2. The molecule has 0 unspecified atom stereocenters. The van der Waals surface area contributed by atoms with E-state index in [9.17, 15) is 9.90 Å². The number of hydrogen-bond acceptors (Lipinski definition) is 5. The predicted molar refractivity (Wildman–Crippen MR) is 89.9 cm³/mol. The van der Waals surface area contributed by atoms with Crippen LogP contribution in [0, 0.1) is 0 Å². The third kappa shape index (κ3) is 2.78. The molecule has 2 fully saturated rings. The monoisotopic (exact) mass is 344 g/mol. The number of imidazole rings is 1. The molecule has 0 radical (unpaired) electrons. The van der Waals surface area contributed by atoms with Gasteiger partial charge in [0.05, 0.1) is 30.0 Å². The van der Waals surface area contributed by atoms with E-state index in [0.29, 0.717) is 13.2 Å². The molecule has 0 spiro atoms. The third-order valence-corrected chi connectivity index (χ3v) is 4.64. The maximum atomic E-state index is 12.0. The number of aliphatic hydroxyl groups is 1. The Kier molecular flexibility index (Phi) is 4.16. The lowest BCUT2D eigenvalue weighted by Gasteiger charge is -2.39. The first-order valence-corrected chi connectivity index (χ1v) is 8.21. The number of urea groups is 1. The Hall–Kier alpha value is -2.42. The lowest BCUT2D eigenvalue weighted by Crippen LogP contribution is -2.60. The molecule has 3 heterocycles. The molecular weight excluding hydrogens is 324 g/mol. The number of aliphatic hydroxyl groups excluding tert-OH is 1. The Bertz CT molecular complexity index is 792. The summed E-state index contributed by atoms with van der Waals surface area (Å²) in [6.45, 7) is 4.22. The van der Waals surface area contributed by atoms with Crippen LogP contribution in [0.4, 0.5) is 4.79 Å². The summed E-state index contributed by atoms with van der Waals surface area (Å²) in [5, 5.41) is 16.4. The van der Waals surface area contributed by atoms with Gasteiger partial charge in [-0.05, 0) is 12.1 Å². The zero-order valence-electron chi connectivity index (χ0n) is 13.5. The van der Waals surface area contributed by atoms with Crippen LogP contribution in [-0.4, -0.2) is 58.4 Å². The van der Waals surface area contributed by atoms with Crippen LogP contribution in [0.25, 0.3) is 11.0 Å². The van der Waals surface area contributed by atoms with Crippen LogP contribution in [0.2, 0.25) is 0 Å². The highest BCUT2D eigenvalue weighted by atomic mass is 16.7. The number of ether oxygens (including phenoxy) is 2. The van der Waals surface area contributed by atoms with Crippen molar-refractivity contribution in [2.75, 3.05) is 13.2 Å². The van der Waals surface area contributed by atoms with Gasteiger partial charge in [-0.15, -0.1) is 6.58 Å². The van der Waals surface area contributed by atoms with Crippen molar-refractivity contribution in [2.24, 2.45) is 0 Å². The Morgan fingerprint density at radius 3 is 3.16 bits per heavy atom. The molecule has 2 bridgehead atoms. The minimum atomic E-state index is -0.877. The van der Waals surface area contributed by atoms with Crippen LogP contribution >= 0.6 is 0 Å². The van der Waals surface area contributed by atoms with Gasteiger partial charge in [-0.25, -0.2) is 9.78 Å². The van der Waals surface area contributed by atoms with Crippen LogP contribution < -0.4 is 10.6 Å². The lowest BCUT2D eigenvalue weighted by atomic mass is 9.96. The average molecular weight is 344 g/mol. The van der Waals surface area contributed by atoms with Crippen molar-refractivity contribution in [3.8, 4) is 0 Å². The second kappa shape index (κ2) is 6.47. The van der Waals surface area contributed by atoms with E-state index in [-0.39, 0.29) is 12.1 Å². The van der Waals surface area contributed by atoms with Gasteiger partial charge >= 0.3 is 6.03 Å². The smallest absolute Gasteiger partial charge is 0.315 e. The maximum absolute atomic E-state index is 12.0. The standard InChI is InChI=1S/C17H20N4O4/c1-2-7-18-17(23)20-13-12-8-24-16(25-12)14(15(13)22)21-9-19-10-5-3-4-6-11(10)21/h2-6,9,12-16,22H,1,7-8H2,(H2,18,20,23)/t12-,13-,14-,15+,16-/m1/s1. The fourth-order valence-electron chi connectivity index (χ4n) is 3.46. The minimum absolute atomic E-state index is 0.317. The normalized spacial score (nSPS) is 31.0. The first-order chi connectivity index (χ1) is 12.2. The quantitative estimate of drug-likeness (QED) is 0.704. The molecule has 1 aromatic carbocycles. The molecular formula is C17H20N4O4. The second-order valence-corrected chi connectivity index (χ2v) is 6.17. The number of benzene rings is 1. The second-order valence-electron chi connectivity index (χ2n) is 6.17. The van der Waals surface area contributed by atoms with Crippen molar-refractivity contribution in [3.05, 3.63) is 43.2 Å². The van der Waals surface area contributed by atoms with E-state index in [0.717, 1.165) is 11.0 Å². The Labute approximate surface area is 144 Å². The molecule has 2 aliphatic heterocycles. The van der Waals surface area contributed by atoms with Crippen LogP contribution in [0.15, 0.2) is 43.2 Å². The number of carbonyl (C=O) groups excluding carboxylic acids is 1. The fourth-order valence-corrected chi connectivity index (χ4v) is 3.46. The SMILES string of the molecule is C=CCNC(=O)N[C@H]1[C@H](O)[C@@H](n2cnc3ccccc32)[C@@H]2OC[C@H]1O2. The number of para-hydroxylation sites is 2. The van der Waals surface area contributed by atoms with Gasteiger partial charge < -0.3 is 29.8 Å². The number of fused-ring (bicyclic) bond motifs is 3. The van der Waals surface area contributed by atoms with E-state index in [1.165, 1.54) is 0 Å². The van der Waals surface area contributed by atoms with Gasteiger partial charge in [0.2, 0.25) is 0 Å². The molecule has 5 atom stereocenters. The lowest BCUT2D eigenvalue weighted by molar-refractivity contribution is -0.162. The predicted octanol–water partition coefficient (Wildman–Crippen LogP) is 0.547. The Morgan fingerprint density at radius 1 is 1.48 bits per heavy atom. The van der Waals surface area contributed by atoms with Gasteiger partial charge in [-0.3, -0.25) is 0 Å². The molecule has 0 aliphatic carbocycles. The van der Waals surface area contributed by atoms with Crippen LogP contribution in [0.5, 0.6) is 0 Å². The fraction of sp³-hybridized carbons (Fsp3) is 0.412. The van der Waals surface area contributed by atoms with Crippen molar-refractivity contribution < 1.29 is 19.4 Å². The van der Waals surface area contributed by atoms with Gasteiger partial charge in [0.1, 0.15) is 18.2 Å². The molecule has 132 valence electrons. The van der Waals surface area contributed by atoms with Gasteiger partial charge in [0, 0.05) is 6.54 Å². The van der Waals surface area contributed by atoms with Crippen molar-refractivity contribution in [1.29, 1.82) is 0 Å². The number of carbonyl (C=O) groups is 1. The summed E-state index contributed by atoms with van der Waals surface area (Å²) >= 11 is 0. The molecule has 4 rings (SSSR count). The highest BCUT2D eigenvalue weighted by Crippen LogP contribution is 2.37. The molecule has 1 aromatic heterocycles. The topological polar surface area (TPSA) is 97.6 Å². The van der Waals surface area contributed by atoms with Crippen LogP contribution in [-0.2, 0) is 9.47 Å². The summed E-state index contributed by atoms with van der Waals surface area (Å²) in [5.74, 6) is 0. The molecule has 2 aliphatic rings. The van der Waals surface area contributed by atoms with Crippen molar-refractivity contribution in [2.45, 2.75) is 30.6 Å². The summed E-state index contributed by atoms with van der Waals surface area (Å²) in [7, 11) is 0. The summed E-state index contributed by atoms with van der Waals surface area (Å²) in [6, 6.07) is 6.17. The number of amides is 2. The molecule has 2 saturated heterocycles. The molecule has 2 aromatic rings. The van der Waals surface area contributed by atoms with Gasteiger partial charge in [-0.1, -0.05) is 18.2 Å². The number of rotatable bonds is 4. The number of hydrogen-bond donors (Lipinski definition) is 3. The molecule has 0 saturated carbocycles. The summed E-state index contributed by atoms with van der Waals surface area (Å²) in [6.07, 6.45) is 1.41. The summed E-state index contributed by atoms with van der Waals surface area (Å²) < 4.78 is 13.4. The van der Waals surface area contributed by atoms with E-state index in [4.69, 9.17) is 9.47 Å². The van der Waals surface area contributed by atoms with Crippen molar-refractivity contribution >= 4 is 17.1 Å².